The fourth-order valence-corrected chi connectivity index (χ4v) is 4.99. The molecule has 1 N–H and O–H groups in total. The maximum Gasteiger partial charge on any atom is 0.190 e. The first-order chi connectivity index (χ1) is 15.6. The Morgan fingerprint density at radius 1 is 1.16 bits per heavy atom. The summed E-state index contributed by atoms with van der Waals surface area (Å²) in [5.74, 6) is 2.34. The fourth-order valence-electron chi connectivity index (χ4n) is 4.27. The molecule has 0 amide bonds. The van der Waals surface area contributed by atoms with Crippen molar-refractivity contribution >= 4 is 28.5 Å². The summed E-state index contributed by atoms with van der Waals surface area (Å²) >= 11 is 1.68. The van der Waals surface area contributed by atoms with Crippen LogP contribution in [0.5, 0.6) is 11.5 Å². The summed E-state index contributed by atoms with van der Waals surface area (Å²) in [4.78, 5) is 12.2. The molecule has 7 nitrogen and oxygen atoms in total. The van der Waals surface area contributed by atoms with Crippen LogP contribution >= 0.6 is 11.8 Å². The van der Waals surface area contributed by atoms with Crippen molar-refractivity contribution in [3.63, 3.8) is 0 Å². The van der Waals surface area contributed by atoms with E-state index in [0.29, 0.717) is 17.9 Å². The monoisotopic (exact) mass is 460 g/mol. The first-order valence-electron chi connectivity index (χ1n) is 11.9. The van der Waals surface area contributed by atoms with Crippen LogP contribution in [0, 0.1) is 0 Å². The molecule has 176 valence electrons. The van der Waals surface area contributed by atoms with Gasteiger partial charge in [0.25, 0.3) is 0 Å². The standard InChI is InChI=1S/C24H36N4O3S/c1-17(2)32-24-26-20-16-22(31-12-6-11-28-9-4-5-10-28)21(29-3)15-19(20)23(27-24)25-18-7-13-30-14-8-18/h15-18H,4-14H2,1-3H3,(H,25,26,27). The fraction of sp³-hybridized carbons (Fsp3) is 0.667. The molecule has 2 saturated heterocycles. The quantitative estimate of drug-likeness (QED) is 0.314. The van der Waals surface area contributed by atoms with Crippen molar-refractivity contribution in [2.45, 2.75) is 62.4 Å². The van der Waals surface area contributed by atoms with Crippen LogP contribution in [0.2, 0.25) is 0 Å². The third kappa shape index (κ3) is 6.17. The second-order valence-electron chi connectivity index (χ2n) is 8.82. The number of rotatable bonds is 10. The molecule has 2 fully saturated rings. The van der Waals surface area contributed by atoms with E-state index >= 15 is 0 Å². The molecule has 1 aromatic carbocycles. The Morgan fingerprint density at radius 3 is 2.66 bits per heavy atom. The SMILES string of the molecule is COc1cc2c(NC3CCOCC3)nc(SC(C)C)nc2cc1OCCCN1CCCC1. The largest absolute Gasteiger partial charge is 0.493 e. The molecule has 0 aliphatic carbocycles. The molecule has 8 heteroatoms. The normalized spacial score (nSPS) is 17.9. The van der Waals surface area contributed by atoms with Crippen molar-refractivity contribution in [2.75, 3.05) is 51.9 Å². The van der Waals surface area contributed by atoms with E-state index < -0.39 is 0 Å². The number of nitrogens with zero attached hydrogens (tertiary/aromatic N) is 3. The van der Waals surface area contributed by atoms with Gasteiger partial charge in [-0.2, -0.15) is 0 Å². The number of likely N-dealkylation sites (tertiary alicyclic amines) is 1. The van der Waals surface area contributed by atoms with Crippen LogP contribution in [0.1, 0.15) is 46.0 Å². The highest BCUT2D eigenvalue weighted by atomic mass is 32.2. The second-order valence-corrected chi connectivity index (χ2v) is 10.4. The lowest BCUT2D eigenvalue weighted by Crippen LogP contribution is -2.28. The number of anilines is 1. The number of nitrogens with one attached hydrogen (secondary N) is 1. The van der Waals surface area contributed by atoms with Gasteiger partial charge in [-0.15, -0.1) is 0 Å². The summed E-state index contributed by atoms with van der Waals surface area (Å²) < 4.78 is 17.3. The van der Waals surface area contributed by atoms with Crippen LogP contribution in [0.4, 0.5) is 5.82 Å². The van der Waals surface area contributed by atoms with Gasteiger partial charge >= 0.3 is 0 Å². The van der Waals surface area contributed by atoms with Gasteiger partial charge in [0.05, 0.1) is 19.2 Å². The van der Waals surface area contributed by atoms with E-state index in [1.165, 1.54) is 25.9 Å². The summed E-state index contributed by atoms with van der Waals surface area (Å²) in [5.41, 5.74) is 0.882. The summed E-state index contributed by atoms with van der Waals surface area (Å²) in [5, 5.41) is 5.80. The molecule has 1 aromatic heterocycles. The molecule has 0 atom stereocenters. The smallest absolute Gasteiger partial charge is 0.190 e. The summed E-state index contributed by atoms with van der Waals surface area (Å²) in [6.45, 7) is 10.1. The highest BCUT2D eigenvalue weighted by Crippen LogP contribution is 2.36. The van der Waals surface area contributed by atoms with Gasteiger partial charge in [0.2, 0.25) is 0 Å². The van der Waals surface area contributed by atoms with E-state index in [1.54, 1.807) is 18.9 Å². The van der Waals surface area contributed by atoms with Crippen LogP contribution in [0.25, 0.3) is 10.9 Å². The first kappa shape index (κ1) is 23.4. The third-order valence-corrected chi connectivity index (χ3v) is 6.80. The van der Waals surface area contributed by atoms with Gasteiger partial charge in [0.15, 0.2) is 16.7 Å². The van der Waals surface area contributed by atoms with E-state index in [0.717, 1.165) is 72.4 Å². The lowest BCUT2D eigenvalue weighted by molar-refractivity contribution is 0.0904. The first-order valence-corrected chi connectivity index (χ1v) is 12.8. The molecule has 0 unspecified atom stereocenters. The second kappa shape index (κ2) is 11.4. The van der Waals surface area contributed by atoms with Crippen LogP contribution in [0.3, 0.4) is 0 Å². The lowest BCUT2D eigenvalue weighted by atomic mass is 10.1. The molecule has 4 rings (SSSR count). The molecule has 2 aliphatic heterocycles. The maximum atomic E-state index is 6.15. The van der Waals surface area contributed by atoms with Gasteiger partial charge in [-0.25, -0.2) is 9.97 Å². The van der Waals surface area contributed by atoms with Gasteiger partial charge in [-0.3, -0.25) is 0 Å². The number of fused-ring (bicyclic) bond motifs is 1. The highest BCUT2D eigenvalue weighted by molar-refractivity contribution is 7.99. The van der Waals surface area contributed by atoms with Crippen molar-refractivity contribution in [1.82, 2.24) is 14.9 Å². The van der Waals surface area contributed by atoms with Gasteiger partial charge in [0.1, 0.15) is 5.82 Å². The lowest BCUT2D eigenvalue weighted by Gasteiger charge is -2.24. The van der Waals surface area contributed by atoms with Crippen molar-refractivity contribution in [3.05, 3.63) is 12.1 Å². The summed E-state index contributed by atoms with van der Waals surface area (Å²) in [6.07, 6.45) is 5.61. The predicted octanol–water partition coefficient (Wildman–Crippen LogP) is 4.59. The Balaban J connectivity index is 1.55. The van der Waals surface area contributed by atoms with Crippen molar-refractivity contribution in [3.8, 4) is 11.5 Å². The van der Waals surface area contributed by atoms with Crippen molar-refractivity contribution in [1.29, 1.82) is 0 Å². The Hall–Kier alpha value is -1.77. The predicted molar refractivity (Wildman–Crippen MR) is 130 cm³/mol. The number of hydrogen-bond donors (Lipinski definition) is 1. The Bertz CT molecular complexity index is 883. The highest BCUT2D eigenvalue weighted by Gasteiger charge is 2.19. The molecule has 0 bridgehead atoms. The summed E-state index contributed by atoms with van der Waals surface area (Å²) in [7, 11) is 1.69. The number of thioether (sulfide) groups is 1. The Morgan fingerprint density at radius 2 is 1.94 bits per heavy atom. The summed E-state index contributed by atoms with van der Waals surface area (Å²) in [6, 6.07) is 4.37. The number of ether oxygens (including phenoxy) is 3. The van der Waals surface area contributed by atoms with Gasteiger partial charge in [-0.1, -0.05) is 25.6 Å². The average molecular weight is 461 g/mol. The zero-order valence-electron chi connectivity index (χ0n) is 19.6. The molecule has 2 aliphatic rings. The number of benzene rings is 1. The minimum absolute atomic E-state index is 0.353. The van der Waals surface area contributed by atoms with Crippen LogP contribution in [-0.4, -0.2) is 72.7 Å². The van der Waals surface area contributed by atoms with Crippen molar-refractivity contribution in [2.24, 2.45) is 0 Å². The van der Waals surface area contributed by atoms with Gasteiger partial charge < -0.3 is 24.4 Å². The van der Waals surface area contributed by atoms with E-state index in [4.69, 9.17) is 24.2 Å². The minimum Gasteiger partial charge on any atom is -0.493 e. The number of hydrogen-bond acceptors (Lipinski definition) is 8. The Kier molecular flexibility index (Phi) is 8.32. The molecular formula is C24H36N4O3S. The third-order valence-electron chi connectivity index (χ3n) is 5.94. The van der Waals surface area contributed by atoms with Gasteiger partial charge in [-0.05, 0) is 51.3 Å². The minimum atomic E-state index is 0.353. The average Bonchev–Trinajstić information content (AvgIpc) is 3.30. The zero-order chi connectivity index (χ0) is 22.3. The molecule has 3 heterocycles. The van der Waals surface area contributed by atoms with Gasteiger partial charge in [0, 0.05) is 42.5 Å². The molecule has 32 heavy (non-hydrogen) atoms. The van der Waals surface area contributed by atoms with E-state index in [1.807, 2.05) is 12.1 Å². The number of aromatic nitrogens is 2. The Labute approximate surface area is 195 Å². The van der Waals surface area contributed by atoms with E-state index in [-0.39, 0.29) is 0 Å². The van der Waals surface area contributed by atoms with E-state index in [9.17, 15) is 0 Å². The van der Waals surface area contributed by atoms with Crippen LogP contribution in [0.15, 0.2) is 17.3 Å². The molecular weight excluding hydrogens is 424 g/mol. The zero-order valence-corrected chi connectivity index (χ0v) is 20.4. The van der Waals surface area contributed by atoms with Crippen molar-refractivity contribution < 1.29 is 14.2 Å². The molecule has 0 radical (unpaired) electrons. The topological polar surface area (TPSA) is 68.7 Å². The molecule has 0 saturated carbocycles. The number of methoxy groups -OCH3 is 1. The maximum absolute atomic E-state index is 6.15. The van der Waals surface area contributed by atoms with Crippen LogP contribution in [-0.2, 0) is 4.74 Å². The molecule has 0 spiro atoms. The molecule has 2 aromatic rings. The van der Waals surface area contributed by atoms with E-state index in [2.05, 4.69) is 24.1 Å². The van der Waals surface area contributed by atoms with Crippen LogP contribution < -0.4 is 14.8 Å².